The lowest BCUT2D eigenvalue weighted by atomic mass is 9.98. The molecule has 0 spiro atoms. The van der Waals surface area contributed by atoms with Crippen LogP contribution in [0.3, 0.4) is 0 Å². The third kappa shape index (κ3) is 6.15. The molecule has 2 heterocycles. The second-order valence-electron chi connectivity index (χ2n) is 6.94. The molecule has 0 amide bonds. The summed E-state index contributed by atoms with van der Waals surface area (Å²) in [6, 6.07) is 15.0. The number of guanidine groups is 1. The Bertz CT molecular complexity index is 654. The minimum Gasteiger partial charge on any atom is -0.356 e. The Kier molecular flexibility index (Phi) is 7.52. The van der Waals surface area contributed by atoms with E-state index in [-0.39, 0.29) is 0 Å². The van der Waals surface area contributed by atoms with Crippen LogP contribution in [-0.2, 0) is 13.0 Å². The van der Waals surface area contributed by atoms with Crippen LogP contribution in [0.5, 0.6) is 0 Å². The zero-order valence-corrected chi connectivity index (χ0v) is 16.5. The van der Waals surface area contributed by atoms with Crippen molar-refractivity contribution in [2.75, 3.05) is 33.2 Å². The highest BCUT2D eigenvalue weighted by Crippen LogP contribution is 2.19. The number of likely N-dealkylation sites (tertiary alicyclic amines) is 1. The highest BCUT2D eigenvalue weighted by atomic mass is 32.1. The number of nitrogens with one attached hydrogen (secondary N) is 2. The molecule has 1 aliphatic rings. The van der Waals surface area contributed by atoms with Gasteiger partial charge in [-0.15, -0.1) is 11.3 Å². The molecular weight excluding hydrogens is 340 g/mol. The van der Waals surface area contributed by atoms with Crippen molar-refractivity contribution in [3.8, 4) is 0 Å². The summed E-state index contributed by atoms with van der Waals surface area (Å²) in [5.74, 6) is 1.60. The van der Waals surface area contributed by atoms with Gasteiger partial charge in [0.25, 0.3) is 0 Å². The molecule has 1 aromatic heterocycles. The van der Waals surface area contributed by atoms with Gasteiger partial charge in [-0.1, -0.05) is 36.4 Å². The molecule has 1 aliphatic heterocycles. The maximum absolute atomic E-state index is 4.37. The van der Waals surface area contributed by atoms with E-state index >= 15 is 0 Å². The van der Waals surface area contributed by atoms with Gasteiger partial charge < -0.3 is 10.6 Å². The first-order valence-electron chi connectivity index (χ1n) is 9.56. The third-order valence-electron chi connectivity index (χ3n) is 4.89. The van der Waals surface area contributed by atoms with Gasteiger partial charge >= 0.3 is 0 Å². The van der Waals surface area contributed by atoms with Crippen LogP contribution in [0.4, 0.5) is 0 Å². The Morgan fingerprint density at radius 3 is 2.85 bits per heavy atom. The minimum atomic E-state index is 0.691. The van der Waals surface area contributed by atoms with Gasteiger partial charge in [0.05, 0.1) is 0 Å². The largest absolute Gasteiger partial charge is 0.356 e. The Morgan fingerprint density at radius 1 is 1.19 bits per heavy atom. The number of rotatable bonds is 7. The quantitative estimate of drug-likeness (QED) is 0.580. The Balaban J connectivity index is 1.37. The zero-order valence-electron chi connectivity index (χ0n) is 15.7. The molecule has 0 radical (unpaired) electrons. The zero-order chi connectivity index (χ0) is 18.0. The summed E-state index contributed by atoms with van der Waals surface area (Å²) >= 11 is 1.86. The van der Waals surface area contributed by atoms with Crippen LogP contribution in [0.25, 0.3) is 0 Å². The van der Waals surface area contributed by atoms with Gasteiger partial charge in [-0.3, -0.25) is 9.89 Å². The predicted octanol–water partition coefficient (Wildman–Crippen LogP) is 3.37. The number of hydrogen-bond acceptors (Lipinski definition) is 3. The SMILES string of the molecule is CN=C(NCCc1ccccc1)NCC1CCCN(Cc2cccs2)C1. The maximum Gasteiger partial charge on any atom is 0.190 e. The Hall–Kier alpha value is -1.85. The van der Waals surface area contributed by atoms with Gasteiger partial charge in [0.1, 0.15) is 0 Å². The van der Waals surface area contributed by atoms with Crippen molar-refractivity contribution in [3.63, 3.8) is 0 Å². The van der Waals surface area contributed by atoms with Crippen LogP contribution < -0.4 is 10.6 Å². The first kappa shape index (κ1) is 18.9. The minimum absolute atomic E-state index is 0.691. The standard InChI is InChI=1S/C21H30N4S/c1-22-21(23-12-11-18-7-3-2-4-8-18)24-15-19-9-5-13-25(16-19)17-20-10-6-14-26-20/h2-4,6-8,10,14,19H,5,9,11-13,15-17H2,1H3,(H2,22,23,24). The highest BCUT2D eigenvalue weighted by Gasteiger charge is 2.20. The van der Waals surface area contributed by atoms with Crippen LogP contribution in [0.1, 0.15) is 23.3 Å². The van der Waals surface area contributed by atoms with Crippen LogP contribution >= 0.6 is 11.3 Å². The van der Waals surface area contributed by atoms with E-state index in [0.29, 0.717) is 5.92 Å². The van der Waals surface area contributed by atoms with Crippen LogP contribution in [0.2, 0.25) is 0 Å². The number of thiophene rings is 1. The van der Waals surface area contributed by atoms with Gasteiger partial charge in [0.2, 0.25) is 0 Å². The molecule has 4 nitrogen and oxygen atoms in total. The molecule has 1 fully saturated rings. The van der Waals surface area contributed by atoms with E-state index in [9.17, 15) is 0 Å². The molecule has 140 valence electrons. The van der Waals surface area contributed by atoms with Crippen molar-refractivity contribution in [2.45, 2.75) is 25.8 Å². The van der Waals surface area contributed by atoms with Gasteiger partial charge in [0, 0.05) is 38.1 Å². The predicted molar refractivity (Wildman–Crippen MR) is 112 cm³/mol. The molecule has 2 N–H and O–H groups in total. The lowest BCUT2D eigenvalue weighted by molar-refractivity contribution is 0.169. The summed E-state index contributed by atoms with van der Waals surface area (Å²) in [6.45, 7) is 5.38. The smallest absolute Gasteiger partial charge is 0.190 e. The molecule has 0 saturated carbocycles. The van der Waals surface area contributed by atoms with Crippen molar-refractivity contribution in [1.29, 1.82) is 0 Å². The van der Waals surface area contributed by atoms with Crippen molar-refractivity contribution < 1.29 is 0 Å². The van der Waals surface area contributed by atoms with E-state index in [4.69, 9.17) is 0 Å². The first-order chi connectivity index (χ1) is 12.8. The summed E-state index contributed by atoms with van der Waals surface area (Å²) in [5.41, 5.74) is 1.35. The van der Waals surface area contributed by atoms with Crippen LogP contribution in [0, 0.1) is 5.92 Å². The van der Waals surface area contributed by atoms with E-state index in [1.54, 1.807) is 0 Å². The van der Waals surface area contributed by atoms with E-state index in [2.05, 4.69) is 68.4 Å². The monoisotopic (exact) mass is 370 g/mol. The summed E-state index contributed by atoms with van der Waals surface area (Å²) in [4.78, 5) is 8.43. The molecule has 1 aromatic carbocycles. The number of hydrogen-bond donors (Lipinski definition) is 2. The number of benzene rings is 1. The van der Waals surface area contributed by atoms with Gasteiger partial charge in [0.15, 0.2) is 5.96 Å². The topological polar surface area (TPSA) is 39.7 Å². The fourth-order valence-corrected chi connectivity index (χ4v) is 4.26. The summed E-state index contributed by atoms with van der Waals surface area (Å²) in [6.07, 6.45) is 3.60. The fraction of sp³-hybridized carbons (Fsp3) is 0.476. The number of nitrogens with zero attached hydrogens (tertiary/aromatic N) is 2. The fourth-order valence-electron chi connectivity index (χ4n) is 3.52. The Morgan fingerprint density at radius 2 is 2.08 bits per heavy atom. The average Bonchev–Trinajstić information content (AvgIpc) is 3.18. The highest BCUT2D eigenvalue weighted by molar-refractivity contribution is 7.09. The van der Waals surface area contributed by atoms with Gasteiger partial charge in [-0.05, 0) is 48.7 Å². The molecule has 26 heavy (non-hydrogen) atoms. The average molecular weight is 371 g/mol. The second-order valence-corrected chi connectivity index (χ2v) is 7.97. The molecule has 0 aliphatic carbocycles. The van der Waals surface area contributed by atoms with Crippen molar-refractivity contribution >= 4 is 17.3 Å². The lowest BCUT2D eigenvalue weighted by Crippen LogP contribution is -2.44. The van der Waals surface area contributed by atoms with E-state index in [0.717, 1.165) is 32.0 Å². The molecule has 0 bridgehead atoms. The third-order valence-corrected chi connectivity index (χ3v) is 5.75. The lowest BCUT2D eigenvalue weighted by Gasteiger charge is -2.32. The number of aliphatic imine (C=N–C) groups is 1. The van der Waals surface area contributed by atoms with E-state index in [1.165, 1.54) is 36.4 Å². The van der Waals surface area contributed by atoms with Gasteiger partial charge in [-0.25, -0.2) is 0 Å². The molecule has 1 unspecified atom stereocenters. The molecule has 1 saturated heterocycles. The first-order valence-corrected chi connectivity index (χ1v) is 10.4. The Labute approximate surface area is 161 Å². The van der Waals surface area contributed by atoms with Gasteiger partial charge in [-0.2, -0.15) is 0 Å². The van der Waals surface area contributed by atoms with Crippen molar-refractivity contribution in [2.24, 2.45) is 10.9 Å². The second kappa shape index (κ2) is 10.3. The normalized spacial score (nSPS) is 18.7. The van der Waals surface area contributed by atoms with Crippen LogP contribution in [0.15, 0.2) is 52.8 Å². The van der Waals surface area contributed by atoms with E-state index in [1.807, 2.05) is 18.4 Å². The van der Waals surface area contributed by atoms with Crippen molar-refractivity contribution in [1.82, 2.24) is 15.5 Å². The maximum atomic E-state index is 4.37. The van der Waals surface area contributed by atoms with Crippen molar-refractivity contribution in [3.05, 3.63) is 58.3 Å². The molecular formula is C21H30N4S. The van der Waals surface area contributed by atoms with E-state index < -0.39 is 0 Å². The molecule has 3 rings (SSSR count). The molecule has 2 aromatic rings. The summed E-state index contributed by atoms with van der Waals surface area (Å²) < 4.78 is 0. The molecule has 5 heteroatoms. The van der Waals surface area contributed by atoms with Crippen LogP contribution in [-0.4, -0.2) is 44.1 Å². The molecule has 1 atom stereocenters. The number of piperidine rings is 1. The summed E-state index contributed by atoms with van der Waals surface area (Å²) in [7, 11) is 1.85. The summed E-state index contributed by atoms with van der Waals surface area (Å²) in [5, 5.41) is 9.12.